The Kier molecular flexibility index (Phi) is 8.39. The van der Waals surface area contributed by atoms with E-state index in [9.17, 15) is 4.79 Å². The van der Waals surface area contributed by atoms with Gasteiger partial charge in [0.25, 0.3) is 0 Å². The molecule has 5 heteroatoms. The molecule has 0 aliphatic rings. The second kappa shape index (κ2) is 9.78. The highest BCUT2D eigenvalue weighted by Crippen LogP contribution is 2.17. The lowest BCUT2D eigenvalue weighted by Crippen LogP contribution is -2.53. The van der Waals surface area contributed by atoms with Gasteiger partial charge in [0.05, 0.1) is 6.61 Å². The first-order chi connectivity index (χ1) is 11.7. The predicted molar refractivity (Wildman–Crippen MR) is 102 cm³/mol. The highest BCUT2D eigenvalue weighted by atomic mass is 16.6. The summed E-state index contributed by atoms with van der Waals surface area (Å²) in [5, 5.41) is 6.53. The van der Waals surface area contributed by atoms with E-state index in [1.165, 1.54) is 5.56 Å². The number of carbonyl (C=O) groups is 1. The summed E-state index contributed by atoms with van der Waals surface area (Å²) >= 11 is 0. The molecule has 0 radical (unpaired) electrons. The van der Waals surface area contributed by atoms with Gasteiger partial charge in [-0.2, -0.15) is 0 Å². The summed E-state index contributed by atoms with van der Waals surface area (Å²) in [6.07, 6.45) is 1.45. The second-order valence-corrected chi connectivity index (χ2v) is 7.45. The molecule has 0 fully saturated rings. The van der Waals surface area contributed by atoms with Crippen LogP contribution < -0.4 is 10.6 Å². The average Bonchev–Trinajstić information content (AvgIpc) is 2.55. The maximum atomic E-state index is 12.0. The van der Waals surface area contributed by atoms with E-state index in [-0.39, 0.29) is 11.6 Å². The molecular formula is C20H34N2O3. The van der Waals surface area contributed by atoms with Gasteiger partial charge in [-0.25, -0.2) is 4.79 Å². The van der Waals surface area contributed by atoms with Crippen molar-refractivity contribution in [2.24, 2.45) is 0 Å². The molecule has 142 valence electrons. The van der Waals surface area contributed by atoms with Crippen LogP contribution in [0.5, 0.6) is 0 Å². The molecule has 0 spiro atoms. The molecule has 2 N–H and O–H groups in total. The minimum absolute atomic E-state index is 0.159. The third kappa shape index (κ3) is 7.88. The number of hydrogen-bond acceptors (Lipinski definition) is 4. The minimum Gasteiger partial charge on any atom is -0.444 e. The van der Waals surface area contributed by atoms with Crippen LogP contribution >= 0.6 is 0 Å². The topological polar surface area (TPSA) is 59.6 Å². The SMILES string of the molecule is CCC(CC)(CNC(=O)OC(C)(C)C)NCc1cccc(COC)c1. The number of nitrogens with one attached hydrogen (secondary N) is 2. The molecule has 1 aromatic carbocycles. The summed E-state index contributed by atoms with van der Waals surface area (Å²) < 4.78 is 10.5. The first-order valence-electron chi connectivity index (χ1n) is 9.02. The number of amides is 1. The van der Waals surface area contributed by atoms with Crippen molar-refractivity contribution >= 4 is 6.09 Å². The normalized spacial score (nSPS) is 12.1. The van der Waals surface area contributed by atoms with Gasteiger partial charge in [0, 0.05) is 25.7 Å². The summed E-state index contributed by atoms with van der Waals surface area (Å²) in [7, 11) is 1.70. The Morgan fingerprint density at radius 2 is 1.76 bits per heavy atom. The van der Waals surface area contributed by atoms with Gasteiger partial charge >= 0.3 is 6.09 Å². The van der Waals surface area contributed by atoms with Gasteiger partial charge in [-0.3, -0.25) is 0 Å². The van der Waals surface area contributed by atoms with Crippen LogP contribution in [-0.4, -0.2) is 30.9 Å². The van der Waals surface area contributed by atoms with Gasteiger partial charge in [-0.15, -0.1) is 0 Å². The Hall–Kier alpha value is -1.59. The van der Waals surface area contributed by atoms with Gasteiger partial charge in [-0.05, 0) is 44.7 Å². The molecule has 25 heavy (non-hydrogen) atoms. The third-order valence-electron chi connectivity index (χ3n) is 4.29. The van der Waals surface area contributed by atoms with Crippen molar-refractivity contribution in [3.8, 4) is 0 Å². The van der Waals surface area contributed by atoms with Crippen molar-refractivity contribution in [3.05, 3.63) is 35.4 Å². The zero-order valence-corrected chi connectivity index (χ0v) is 16.6. The summed E-state index contributed by atoms with van der Waals surface area (Å²) in [6.45, 7) is 11.8. The Balaban J connectivity index is 2.65. The van der Waals surface area contributed by atoms with E-state index in [0.29, 0.717) is 13.2 Å². The molecule has 0 aliphatic heterocycles. The van der Waals surface area contributed by atoms with Gasteiger partial charge < -0.3 is 20.1 Å². The van der Waals surface area contributed by atoms with Crippen LogP contribution in [0.1, 0.15) is 58.6 Å². The fraction of sp³-hybridized carbons (Fsp3) is 0.650. The Labute approximate surface area is 152 Å². The lowest BCUT2D eigenvalue weighted by Gasteiger charge is -2.34. The number of methoxy groups -OCH3 is 1. The highest BCUT2D eigenvalue weighted by molar-refractivity contribution is 5.67. The molecule has 1 aromatic rings. The zero-order valence-electron chi connectivity index (χ0n) is 16.6. The largest absolute Gasteiger partial charge is 0.444 e. The molecule has 0 bridgehead atoms. The summed E-state index contributed by atoms with van der Waals surface area (Å²) in [5.41, 5.74) is 1.72. The van der Waals surface area contributed by atoms with E-state index >= 15 is 0 Å². The number of alkyl carbamates (subject to hydrolysis) is 1. The van der Waals surface area contributed by atoms with E-state index in [2.05, 4.69) is 42.7 Å². The molecule has 0 saturated carbocycles. The average molecular weight is 351 g/mol. The van der Waals surface area contributed by atoms with Gasteiger partial charge in [-0.1, -0.05) is 38.1 Å². The molecule has 0 heterocycles. The molecule has 0 saturated heterocycles. The van der Waals surface area contributed by atoms with Gasteiger partial charge in [0.1, 0.15) is 5.60 Å². The maximum absolute atomic E-state index is 12.0. The predicted octanol–water partition coefficient (Wildman–Crippen LogP) is 4.01. The summed E-state index contributed by atoms with van der Waals surface area (Å²) in [6, 6.07) is 8.35. The van der Waals surface area contributed by atoms with Crippen LogP contribution in [0.2, 0.25) is 0 Å². The van der Waals surface area contributed by atoms with E-state index in [0.717, 1.165) is 24.9 Å². The van der Waals surface area contributed by atoms with Crippen molar-refractivity contribution in [1.29, 1.82) is 0 Å². The Morgan fingerprint density at radius 3 is 2.32 bits per heavy atom. The van der Waals surface area contributed by atoms with Crippen LogP contribution in [0.15, 0.2) is 24.3 Å². The van der Waals surface area contributed by atoms with Crippen molar-refractivity contribution in [1.82, 2.24) is 10.6 Å². The number of benzene rings is 1. The fourth-order valence-corrected chi connectivity index (χ4v) is 2.65. The van der Waals surface area contributed by atoms with E-state index in [4.69, 9.17) is 9.47 Å². The smallest absolute Gasteiger partial charge is 0.407 e. The van der Waals surface area contributed by atoms with Gasteiger partial charge in [0.15, 0.2) is 0 Å². The lowest BCUT2D eigenvalue weighted by atomic mass is 9.92. The van der Waals surface area contributed by atoms with Crippen LogP contribution in [0.4, 0.5) is 4.79 Å². The van der Waals surface area contributed by atoms with E-state index < -0.39 is 5.60 Å². The maximum Gasteiger partial charge on any atom is 0.407 e. The summed E-state index contributed by atoms with van der Waals surface area (Å²) in [4.78, 5) is 12.0. The summed E-state index contributed by atoms with van der Waals surface area (Å²) in [5.74, 6) is 0. The van der Waals surface area contributed by atoms with Crippen molar-refractivity contribution in [2.75, 3.05) is 13.7 Å². The molecule has 0 unspecified atom stereocenters. The van der Waals surface area contributed by atoms with Crippen molar-refractivity contribution in [2.45, 2.75) is 71.8 Å². The minimum atomic E-state index is -0.486. The van der Waals surface area contributed by atoms with Crippen molar-refractivity contribution in [3.63, 3.8) is 0 Å². The number of rotatable bonds is 9. The number of ether oxygens (including phenoxy) is 2. The third-order valence-corrected chi connectivity index (χ3v) is 4.29. The molecule has 1 amide bonds. The molecule has 0 aliphatic carbocycles. The quantitative estimate of drug-likeness (QED) is 0.706. The zero-order chi connectivity index (χ0) is 18.9. The Morgan fingerprint density at radius 1 is 1.12 bits per heavy atom. The Bertz CT molecular complexity index is 534. The molecule has 0 atom stereocenters. The number of hydrogen-bond donors (Lipinski definition) is 2. The van der Waals surface area contributed by atoms with E-state index in [1.54, 1.807) is 7.11 Å². The van der Waals surface area contributed by atoms with Crippen LogP contribution in [-0.2, 0) is 22.6 Å². The van der Waals surface area contributed by atoms with Crippen LogP contribution in [0.25, 0.3) is 0 Å². The first-order valence-corrected chi connectivity index (χ1v) is 9.02. The van der Waals surface area contributed by atoms with Gasteiger partial charge in [0.2, 0.25) is 0 Å². The van der Waals surface area contributed by atoms with Crippen LogP contribution in [0, 0.1) is 0 Å². The highest BCUT2D eigenvalue weighted by Gasteiger charge is 2.27. The molecular weight excluding hydrogens is 316 g/mol. The first kappa shape index (κ1) is 21.5. The lowest BCUT2D eigenvalue weighted by molar-refractivity contribution is 0.0507. The van der Waals surface area contributed by atoms with Crippen LogP contribution in [0.3, 0.4) is 0 Å². The van der Waals surface area contributed by atoms with E-state index in [1.807, 2.05) is 26.8 Å². The molecule has 0 aromatic heterocycles. The second-order valence-electron chi connectivity index (χ2n) is 7.45. The molecule has 5 nitrogen and oxygen atoms in total. The number of carbonyl (C=O) groups excluding carboxylic acids is 1. The molecule has 1 rings (SSSR count). The van der Waals surface area contributed by atoms with Crippen molar-refractivity contribution < 1.29 is 14.3 Å². The fourth-order valence-electron chi connectivity index (χ4n) is 2.65. The monoisotopic (exact) mass is 350 g/mol. The standard InChI is InChI=1S/C20H34N2O3/c1-7-20(8-2,15-21-18(23)25-19(3,4)5)22-13-16-10-9-11-17(12-16)14-24-6/h9-12,22H,7-8,13-15H2,1-6H3,(H,21,23).